The minimum Gasteiger partial charge on any atom is -0.497 e. The van der Waals surface area contributed by atoms with Gasteiger partial charge in [-0.1, -0.05) is 12.1 Å². The summed E-state index contributed by atoms with van der Waals surface area (Å²) < 4.78 is 24.5. The SMILES string of the molecule is COc1ccc(OC(C)C(=O)Nc2nc(-c3ccccc3F)cs2)cc1. The van der Waals surface area contributed by atoms with E-state index in [0.717, 1.165) is 0 Å². The van der Waals surface area contributed by atoms with Crippen LogP contribution in [0.15, 0.2) is 53.9 Å². The van der Waals surface area contributed by atoms with E-state index in [-0.39, 0.29) is 11.7 Å². The molecule has 5 nitrogen and oxygen atoms in total. The number of carbonyl (C=O) groups is 1. The Morgan fingerprint density at radius 2 is 1.85 bits per heavy atom. The number of halogens is 1. The van der Waals surface area contributed by atoms with Crippen LogP contribution < -0.4 is 14.8 Å². The van der Waals surface area contributed by atoms with Gasteiger partial charge in [0.1, 0.15) is 17.3 Å². The summed E-state index contributed by atoms with van der Waals surface area (Å²) in [4.78, 5) is 16.6. The number of aromatic nitrogens is 1. The molecule has 3 aromatic rings. The maximum absolute atomic E-state index is 13.8. The third-order valence-electron chi connectivity index (χ3n) is 3.63. The summed E-state index contributed by atoms with van der Waals surface area (Å²) in [5.74, 6) is 0.569. The van der Waals surface area contributed by atoms with Gasteiger partial charge < -0.3 is 9.47 Å². The van der Waals surface area contributed by atoms with Gasteiger partial charge in [0.15, 0.2) is 11.2 Å². The lowest BCUT2D eigenvalue weighted by molar-refractivity contribution is -0.122. The van der Waals surface area contributed by atoms with Crippen LogP contribution in [0.2, 0.25) is 0 Å². The molecule has 0 saturated heterocycles. The van der Waals surface area contributed by atoms with Crippen molar-refractivity contribution in [2.24, 2.45) is 0 Å². The summed E-state index contributed by atoms with van der Waals surface area (Å²) in [6, 6.07) is 13.3. The predicted octanol–water partition coefficient (Wildman–Crippen LogP) is 4.36. The van der Waals surface area contributed by atoms with Gasteiger partial charge in [-0.05, 0) is 43.3 Å². The molecule has 134 valence electrons. The van der Waals surface area contributed by atoms with Crippen molar-refractivity contribution < 1.29 is 18.7 Å². The van der Waals surface area contributed by atoms with Crippen LogP contribution >= 0.6 is 11.3 Å². The van der Waals surface area contributed by atoms with E-state index >= 15 is 0 Å². The highest BCUT2D eigenvalue weighted by molar-refractivity contribution is 7.14. The monoisotopic (exact) mass is 372 g/mol. The van der Waals surface area contributed by atoms with Gasteiger partial charge in [-0.2, -0.15) is 0 Å². The average molecular weight is 372 g/mol. The van der Waals surface area contributed by atoms with Crippen molar-refractivity contribution in [2.45, 2.75) is 13.0 Å². The Labute approximate surface area is 154 Å². The van der Waals surface area contributed by atoms with Gasteiger partial charge in [0.05, 0.1) is 12.8 Å². The highest BCUT2D eigenvalue weighted by Gasteiger charge is 2.17. The molecule has 0 aliphatic carbocycles. The highest BCUT2D eigenvalue weighted by Crippen LogP contribution is 2.27. The molecular weight excluding hydrogens is 355 g/mol. The molecule has 0 saturated carbocycles. The minimum absolute atomic E-state index is 0.338. The molecule has 1 heterocycles. The standard InChI is InChI=1S/C19H17FN2O3S/c1-12(25-14-9-7-13(24-2)8-10-14)18(23)22-19-21-17(11-26-19)15-5-3-4-6-16(15)20/h3-12H,1-2H3,(H,21,22,23). The number of hydrogen-bond donors (Lipinski definition) is 1. The highest BCUT2D eigenvalue weighted by atomic mass is 32.1. The Bertz CT molecular complexity index is 896. The van der Waals surface area contributed by atoms with Gasteiger partial charge in [-0.15, -0.1) is 11.3 Å². The second-order valence-electron chi connectivity index (χ2n) is 5.44. The topological polar surface area (TPSA) is 60.5 Å². The summed E-state index contributed by atoms with van der Waals surface area (Å²) in [6.45, 7) is 1.64. The summed E-state index contributed by atoms with van der Waals surface area (Å²) in [5, 5.41) is 4.78. The van der Waals surface area contributed by atoms with Crippen molar-refractivity contribution in [2.75, 3.05) is 12.4 Å². The van der Waals surface area contributed by atoms with Gasteiger partial charge in [-0.3, -0.25) is 10.1 Å². The predicted molar refractivity (Wildman–Crippen MR) is 99.2 cm³/mol. The maximum atomic E-state index is 13.8. The molecule has 0 radical (unpaired) electrons. The molecule has 1 unspecified atom stereocenters. The van der Waals surface area contributed by atoms with Crippen LogP contribution in [0.1, 0.15) is 6.92 Å². The van der Waals surface area contributed by atoms with Crippen molar-refractivity contribution in [1.82, 2.24) is 4.98 Å². The molecule has 7 heteroatoms. The van der Waals surface area contributed by atoms with Crippen LogP contribution in [-0.4, -0.2) is 24.1 Å². The Morgan fingerprint density at radius 1 is 1.15 bits per heavy atom. The fourth-order valence-electron chi connectivity index (χ4n) is 2.24. The van der Waals surface area contributed by atoms with Gasteiger partial charge in [0.2, 0.25) is 0 Å². The number of nitrogens with zero attached hydrogens (tertiary/aromatic N) is 1. The van der Waals surface area contributed by atoms with Crippen LogP contribution in [0.4, 0.5) is 9.52 Å². The van der Waals surface area contributed by atoms with Gasteiger partial charge >= 0.3 is 0 Å². The molecule has 1 atom stereocenters. The lowest BCUT2D eigenvalue weighted by atomic mass is 10.2. The van der Waals surface area contributed by atoms with Crippen LogP contribution in [0, 0.1) is 5.82 Å². The number of methoxy groups -OCH3 is 1. The fourth-order valence-corrected chi connectivity index (χ4v) is 2.96. The molecule has 1 N–H and O–H groups in total. The van der Waals surface area contributed by atoms with Gasteiger partial charge in [-0.25, -0.2) is 9.37 Å². The van der Waals surface area contributed by atoms with Crippen molar-refractivity contribution in [1.29, 1.82) is 0 Å². The number of rotatable bonds is 6. The first kappa shape index (κ1) is 17.9. The van der Waals surface area contributed by atoms with E-state index in [9.17, 15) is 9.18 Å². The molecular formula is C19H17FN2O3S. The molecule has 1 amide bonds. The number of hydrogen-bond acceptors (Lipinski definition) is 5. The Kier molecular flexibility index (Phi) is 5.48. The van der Waals surface area contributed by atoms with Crippen molar-refractivity contribution in [3.05, 3.63) is 59.7 Å². The summed E-state index contributed by atoms with van der Waals surface area (Å²) >= 11 is 1.23. The molecule has 1 aromatic heterocycles. The quantitative estimate of drug-likeness (QED) is 0.698. The molecule has 0 fully saturated rings. The average Bonchev–Trinajstić information content (AvgIpc) is 3.11. The Hall–Kier alpha value is -2.93. The fraction of sp³-hybridized carbons (Fsp3) is 0.158. The van der Waals surface area contributed by atoms with E-state index in [1.54, 1.807) is 61.9 Å². The Balaban J connectivity index is 1.63. The number of amides is 1. The van der Waals surface area contributed by atoms with E-state index in [2.05, 4.69) is 10.3 Å². The van der Waals surface area contributed by atoms with E-state index < -0.39 is 6.10 Å². The second-order valence-corrected chi connectivity index (χ2v) is 6.30. The van der Waals surface area contributed by atoms with Crippen LogP contribution in [0.25, 0.3) is 11.3 Å². The number of carbonyl (C=O) groups excluding carboxylic acids is 1. The number of ether oxygens (including phenoxy) is 2. The number of benzene rings is 2. The first-order valence-electron chi connectivity index (χ1n) is 7.89. The summed E-state index contributed by atoms with van der Waals surface area (Å²) in [5.41, 5.74) is 0.874. The van der Waals surface area contributed by atoms with Crippen LogP contribution in [-0.2, 0) is 4.79 Å². The van der Waals surface area contributed by atoms with Crippen molar-refractivity contribution >= 4 is 22.4 Å². The molecule has 0 aliphatic rings. The zero-order valence-corrected chi connectivity index (χ0v) is 15.0. The van der Waals surface area contributed by atoms with Gasteiger partial charge in [0.25, 0.3) is 5.91 Å². The lowest BCUT2D eigenvalue weighted by Crippen LogP contribution is -2.30. The Morgan fingerprint density at radius 3 is 2.54 bits per heavy atom. The minimum atomic E-state index is -0.718. The van der Waals surface area contributed by atoms with Crippen LogP contribution in [0.3, 0.4) is 0 Å². The molecule has 2 aromatic carbocycles. The third kappa shape index (κ3) is 4.18. The first-order valence-corrected chi connectivity index (χ1v) is 8.77. The van der Waals surface area contributed by atoms with E-state index in [1.165, 1.54) is 17.4 Å². The van der Waals surface area contributed by atoms with Crippen molar-refractivity contribution in [3.8, 4) is 22.8 Å². The first-order chi connectivity index (χ1) is 12.6. The van der Waals surface area contributed by atoms with Gasteiger partial charge in [0, 0.05) is 10.9 Å². The van der Waals surface area contributed by atoms with E-state index in [0.29, 0.717) is 27.9 Å². The molecule has 0 spiro atoms. The summed E-state index contributed by atoms with van der Waals surface area (Å²) in [6.07, 6.45) is -0.718. The van der Waals surface area contributed by atoms with E-state index in [4.69, 9.17) is 9.47 Å². The second kappa shape index (κ2) is 7.97. The zero-order chi connectivity index (χ0) is 18.5. The smallest absolute Gasteiger partial charge is 0.266 e. The molecule has 26 heavy (non-hydrogen) atoms. The maximum Gasteiger partial charge on any atom is 0.266 e. The van der Waals surface area contributed by atoms with Crippen LogP contribution in [0.5, 0.6) is 11.5 Å². The number of anilines is 1. The number of thiazole rings is 1. The third-order valence-corrected chi connectivity index (χ3v) is 4.38. The van der Waals surface area contributed by atoms with E-state index in [1.807, 2.05) is 0 Å². The molecule has 0 aliphatic heterocycles. The molecule has 3 rings (SSSR count). The lowest BCUT2D eigenvalue weighted by Gasteiger charge is -2.14. The summed E-state index contributed by atoms with van der Waals surface area (Å²) in [7, 11) is 1.58. The van der Waals surface area contributed by atoms with Crippen molar-refractivity contribution in [3.63, 3.8) is 0 Å². The number of nitrogens with one attached hydrogen (secondary N) is 1. The zero-order valence-electron chi connectivity index (χ0n) is 14.2. The normalized spacial score (nSPS) is 11.7. The molecule has 0 bridgehead atoms. The largest absolute Gasteiger partial charge is 0.497 e.